The molecule has 2 aromatic rings. The highest BCUT2D eigenvalue weighted by molar-refractivity contribution is 7.92. The van der Waals surface area contributed by atoms with Crippen LogP contribution in [0.1, 0.15) is 11.4 Å². The van der Waals surface area contributed by atoms with Crippen LogP contribution in [0.5, 0.6) is 0 Å². The number of hydrogen-bond acceptors (Lipinski definition) is 7. The number of benzene rings is 1. The minimum Gasteiger partial charge on any atom is -0.380 e. The van der Waals surface area contributed by atoms with E-state index in [2.05, 4.69) is 19.7 Å². The van der Waals surface area contributed by atoms with Crippen LogP contribution >= 0.6 is 0 Å². The predicted molar refractivity (Wildman–Crippen MR) is 86.9 cm³/mol. The Bertz CT molecular complexity index is 793. The number of hydrogen-bond donors (Lipinski definition) is 1. The lowest BCUT2D eigenvalue weighted by Gasteiger charge is -2.13. The summed E-state index contributed by atoms with van der Waals surface area (Å²) in [7, 11) is 1.29. The van der Waals surface area contributed by atoms with Crippen LogP contribution in [0, 0.1) is 6.92 Å². The molecule has 0 saturated carbocycles. The number of sulfonamides is 1. The summed E-state index contributed by atoms with van der Waals surface area (Å²) < 4.78 is 32.4. The maximum Gasteiger partial charge on any atom is 0.264 e. The Morgan fingerprint density at radius 3 is 2.61 bits per heavy atom. The summed E-state index contributed by atoms with van der Waals surface area (Å²) in [5, 5.41) is 0. The van der Waals surface area contributed by atoms with Gasteiger partial charge in [-0.2, -0.15) is 15.0 Å². The average molecular weight is 337 g/mol. The van der Waals surface area contributed by atoms with Crippen LogP contribution in [-0.2, 0) is 21.4 Å². The van der Waals surface area contributed by atoms with Gasteiger partial charge in [-0.25, -0.2) is 13.1 Å². The zero-order valence-corrected chi connectivity index (χ0v) is 14.3. The highest BCUT2D eigenvalue weighted by Crippen LogP contribution is 2.16. The molecular formula is C14H19N5O3S. The van der Waals surface area contributed by atoms with Gasteiger partial charge in [0.15, 0.2) is 0 Å². The number of aryl methyl sites for hydroxylation is 1. The van der Waals surface area contributed by atoms with Crippen LogP contribution in [0.4, 0.5) is 11.9 Å². The first-order chi connectivity index (χ1) is 10.8. The molecule has 8 nitrogen and oxygen atoms in total. The van der Waals surface area contributed by atoms with Crippen LogP contribution in [0.15, 0.2) is 29.2 Å². The number of nitrogens with zero attached hydrogens (tertiary/aromatic N) is 4. The van der Waals surface area contributed by atoms with Gasteiger partial charge >= 0.3 is 0 Å². The normalized spacial score (nSPS) is 11.3. The van der Waals surface area contributed by atoms with Gasteiger partial charge in [-0.05, 0) is 24.6 Å². The SMILES string of the molecule is COCc1cccc(S(=O)(=O)Nc2nc(C)nc(N(C)C)n2)c1. The van der Waals surface area contributed by atoms with E-state index in [1.54, 1.807) is 51.2 Å². The van der Waals surface area contributed by atoms with Gasteiger partial charge in [0.25, 0.3) is 10.0 Å². The van der Waals surface area contributed by atoms with Gasteiger partial charge in [0.2, 0.25) is 11.9 Å². The second-order valence-electron chi connectivity index (χ2n) is 5.09. The van der Waals surface area contributed by atoms with Crippen molar-refractivity contribution in [2.75, 3.05) is 30.8 Å². The van der Waals surface area contributed by atoms with E-state index in [0.29, 0.717) is 18.4 Å². The summed E-state index contributed by atoms with van der Waals surface area (Å²) in [5.41, 5.74) is 0.760. The molecule has 0 unspecified atom stereocenters. The molecule has 0 aliphatic carbocycles. The lowest BCUT2D eigenvalue weighted by Crippen LogP contribution is -2.19. The molecule has 0 aliphatic rings. The zero-order chi connectivity index (χ0) is 17.0. The molecule has 1 aromatic carbocycles. The fourth-order valence-corrected chi connectivity index (χ4v) is 2.88. The topological polar surface area (TPSA) is 97.3 Å². The molecule has 2 rings (SSSR count). The highest BCUT2D eigenvalue weighted by Gasteiger charge is 2.17. The van der Waals surface area contributed by atoms with Crippen molar-refractivity contribution in [2.45, 2.75) is 18.4 Å². The minimum atomic E-state index is -3.79. The first kappa shape index (κ1) is 17.1. The lowest BCUT2D eigenvalue weighted by molar-refractivity contribution is 0.184. The van der Waals surface area contributed by atoms with Crippen molar-refractivity contribution < 1.29 is 13.2 Å². The Hall–Kier alpha value is -2.26. The molecule has 0 atom stereocenters. The van der Waals surface area contributed by atoms with Crippen molar-refractivity contribution in [1.82, 2.24) is 15.0 Å². The molecule has 23 heavy (non-hydrogen) atoms. The maximum absolute atomic E-state index is 12.5. The maximum atomic E-state index is 12.5. The zero-order valence-electron chi connectivity index (χ0n) is 13.4. The first-order valence-corrected chi connectivity index (χ1v) is 8.31. The molecule has 0 fully saturated rings. The third-order valence-electron chi connectivity index (χ3n) is 2.88. The highest BCUT2D eigenvalue weighted by atomic mass is 32.2. The van der Waals surface area contributed by atoms with Gasteiger partial charge in [-0.1, -0.05) is 12.1 Å². The summed E-state index contributed by atoms with van der Waals surface area (Å²) >= 11 is 0. The second-order valence-corrected chi connectivity index (χ2v) is 6.77. The summed E-state index contributed by atoms with van der Waals surface area (Å²) in [4.78, 5) is 14.0. The number of methoxy groups -OCH3 is 1. The smallest absolute Gasteiger partial charge is 0.264 e. The standard InChI is InChI=1S/C14H19N5O3S/c1-10-15-13(17-14(16-10)19(2)3)18-23(20,21)12-7-5-6-11(8-12)9-22-4/h5-8H,9H2,1-4H3,(H,15,16,17,18). The Morgan fingerprint density at radius 2 is 1.96 bits per heavy atom. The first-order valence-electron chi connectivity index (χ1n) is 6.82. The van der Waals surface area contributed by atoms with Crippen LogP contribution in [0.3, 0.4) is 0 Å². The summed E-state index contributed by atoms with van der Waals surface area (Å²) in [6, 6.07) is 6.50. The fraction of sp³-hybridized carbons (Fsp3) is 0.357. The summed E-state index contributed by atoms with van der Waals surface area (Å²) in [5.74, 6) is 0.788. The summed E-state index contributed by atoms with van der Waals surface area (Å²) in [6.45, 7) is 2.00. The third kappa shape index (κ3) is 4.36. The lowest BCUT2D eigenvalue weighted by atomic mass is 10.2. The Morgan fingerprint density at radius 1 is 1.22 bits per heavy atom. The molecule has 0 bridgehead atoms. The molecule has 0 aliphatic heterocycles. The molecule has 9 heteroatoms. The van der Waals surface area contributed by atoms with Crippen molar-refractivity contribution in [3.8, 4) is 0 Å². The largest absolute Gasteiger partial charge is 0.380 e. The van der Waals surface area contributed by atoms with Gasteiger partial charge in [-0.15, -0.1) is 0 Å². The van der Waals surface area contributed by atoms with E-state index >= 15 is 0 Å². The van der Waals surface area contributed by atoms with E-state index in [1.807, 2.05) is 0 Å². The Kier molecular flexibility index (Phi) is 5.12. The van der Waals surface area contributed by atoms with Gasteiger partial charge in [0.1, 0.15) is 5.82 Å². The minimum absolute atomic E-state index is 0.0154. The fourth-order valence-electron chi connectivity index (χ4n) is 1.86. The van der Waals surface area contributed by atoms with Gasteiger partial charge in [-0.3, -0.25) is 0 Å². The molecule has 1 heterocycles. The molecule has 1 aromatic heterocycles. The quantitative estimate of drug-likeness (QED) is 0.845. The van der Waals surface area contributed by atoms with Crippen LogP contribution < -0.4 is 9.62 Å². The molecule has 0 spiro atoms. The molecule has 0 saturated heterocycles. The van der Waals surface area contributed by atoms with Crippen LogP contribution in [0.25, 0.3) is 0 Å². The van der Waals surface area contributed by atoms with Crippen molar-refractivity contribution in [3.05, 3.63) is 35.7 Å². The molecule has 0 radical (unpaired) electrons. The van der Waals surface area contributed by atoms with E-state index in [4.69, 9.17) is 4.74 Å². The molecule has 1 N–H and O–H groups in total. The second kappa shape index (κ2) is 6.88. The Balaban J connectivity index is 2.33. The van der Waals surface area contributed by atoms with E-state index in [9.17, 15) is 8.42 Å². The monoisotopic (exact) mass is 337 g/mol. The Labute approximate surface area is 135 Å². The molecular weight excluding hydrogens is 318 g/mol. The number of rotatable bonds is 6. The number of anilines is 2. The number of nitrogens with one attached hydrogen (secondary N) is 1. The van der Waals surface area contributed by atoms with Crippen molar-refractivity contribution in [2.24, 2.45) is 0 Å². The van der Waals surface area contributed by atoms with Crippen molar-refractivity contribution >= 4 is 21.9 Å². The molecule has 0 amide bonds. The van der Waals surface area contributed by atoms with Gasteiger partial charge in [0, 0.05) is 21.2 Å². The van der Waals surface area contributed by atoms with Crippen LogP contribution in [0.2, 0.25) is 0 Å². The predicted octanol–water partition coefficient (Wildman–Crippen LogP) is 1.19. The van der Waals surface area contributed by atoms with E-state index in [1.165, 1.54) is 6.07 Å². The van der Waals surface area contributed by atoms with Crippen LogP contribution in [-0.4, -0.2) is 44.6 Å². The van der Waals surface area contributed by atoms with E-state index in [0.717, 1.165) is 5.56 Å². The number of aromatic nitrogens is 3. The van der Waals surface area contributed by atoms with Gasteiger partial charge < -0.3 is 9.64 Å². The van der Waals surface area contributed by atoms with E-state index < -0.39 is 10.0 Å². The van der Waals surface area contributed by atoms with Crippen molar-refractivity contribution in [1.29, 1.82) is 0 Å². The number of ether oxygens (including phenoxy) is 1. The van der Waals surface area contributed by atoms with Crippen molar-refractivity contribution in [3.63, 3.8) is 0 Å². The van der Waals surface area contributed by atoms with E-state index in [-0.39, 0.29) is 10.8 Å². The average Bonchev–Trinajstić information content (AvgIpc) is 2.46. The third-order valence-corrected chi connectivity index (χ3v) is 4.21. The summed E-state index contributed by atoms with van der Waals surface area (Å²) in [6.07, 6.45) is 0. The molecule has 124 valence electrons. The van der Waals surface area contributed by atoms with Gasteiger partial charge in [0.05, 0.1) is 11.5 Å².